The van der Waals surface area contributed by atoms with Crippen LogP contribution in [0.5, 0.6) is 0 Å². The van der Waals surface area contributed by atoms with Crippen LogP contribution in [0, 0.1) is 10.1 Å². The molecule has 1 aliphatic rings. The molecule has 1 aliphatic carbocycles. The number of nitrogens with one attached hydrogen (secondary N) is 1. The van der Waals surface area contributed by atoms with Crippen molar-refractivity contribution in [2.75, 3.05) is 11.6 Å². The predicted molar refractivity (Wildman–Crippen MR) is 106 cm³/mol. The lowest BCUT2D eigenvalue weighted by Gasteiger charge is -2.29. The van der Waals surface area contributed by atoms with Crippen LogP contribution in [0.4, 0.5) is 11.4 Å². The third-order valence-electron chi connectivity index (χ3n) is 4.82. The first-order chi connectivity index (χ1) is 13.2. The molecule has 2 unspecified atom stereocenters. The van der Waals surface area contributed by atoms with Crippen molar-refractivity contribution >= 4 is 32.8 Å². The van der Waals surface area contributed by atoms with Gasteiger partial charge >= 0.3 is 0 Å². The van der Waals surface area contributed by atoms with Gasteiger partial charge in [0, 0.05) is 24.4 Å². The molecule has 2 atom stereocenters. The van der Waals surface area contributed by atoms with Gasteiger partial charge in [0.15, 0.2) is 0 Å². The normalized spacial score (nSPS) is 19.9. The number of sulfone groups is 1. The first kappa shape index (κ1) is 20.3. The van der Waals surface area contributed by atoms with E-state index >= 15 is 0 Å². The van der Waals surface area contributed by atoms with E-state index in [1.165, 1.54) is 36.7 Å². The monoisotopic (exact) mass is 426 g/mol. The second-order valence-electron chi connectivity index (χ2n) is 6.82. The summed E-state index contributed by atoms with van der Waals surface area (Å²) in [5.74, 6) is 0. The maximum Gasteiger partial charge on any atom is 0.292 e. The molecule has 1 fully saturated rings. The third kappa shape index (κ3) is 4.33. The molecule has 1 aromatic heterocycles. The third-order valence-corrected chi connectivity index (χ3v) is 6.82. The van der Waals surface area contributed by atoms with Crippen LogP contribution in [0.25, 0.3) is 5.69 Å². The van der Waals surface area contributed by atoms with E-state index in [1.807, 2.05) is 0 Å². The fourth-order valence-electron chi connectivity index (χ4n) is 3.32. The van der Waals surface area contributed by atoms with Crippen LogP contribution in [0.1, 0.15) is 25.7 Å². The smallest absolute Gasteiger partial charge is 0.292 e. The average Bonchev–Trinajstić information content (AvgIpc) is 2.65. The first-order valence-electron chi connectivity index (χ1n) is 8.65. The quantitative estimate of drug-likeness (QED) is 0.575. The Bertz CT molecular complexity index is 1050. The zero-order valence-electron chi connectivity index (χ0n) is 15.0. The average molecular weight is 427 g/mol. The summed E-state index contributed by atoms with van der Waals surface area (Å²) in [6.45, 7) is 0. The molecule has 150 valence electrons. The number of rotatable bonds is 5. The Morgan fingerprint density at radius 1 is 1.29 bits per heavy atom. The SMILES string of the molecule is CS(=O)(=O)C1CCCC(Nc2cnn(-c3ccc([N+](=O)[O-])cc3)c(=O)c2Cl)C1. The van der Waals surface area contributed by atoms with Gasteiger partial charge < -0.3 is 5.32 Å². The van der Waals surface area contributed by atoms with E-state index in [1.54, 1.807) is 0 Å². The molecule has 1 N–H and O–H groups in total. The van der Waals surface area contributed by atoms with Gasteiger partial charge in [-0.05, 0) is 31.4 Å². The van der Waals surface area contributed by atoms with E-state index in [0.717, 1.165) is 17.5 Å². The summed E-state index contributed by atoms with van der Waals surface area (Å²) in [6, 6.07) is 5.25. The number of aromatic nitrogens is 2. The summed E-state index contributed by atoms with van der Waals surface area (Å²) < 4.78 is 24.7. The molecule has 0 radical (unpaired) electrons. The summed E-state index contributed by atoms with van der Waals surface area (Å²) >= 11 is 6.21. The molecule has 0 bridgehead atoms. The molecule has 2 aromatic rings. The fraction of sp³-hybridized carbons (Fsp3) is 0.412. The highest BCUT2D eigenvalue weighted by atomic mass is 35.5. The van der Waals surface area contributed by atoms with Gasteiger partial charge in [-0.2, -0.15) is 9.78 Å². The van der Waals surface area contributed by atoms with Crippen molar-refractivity contribution in [3.8, 4) is 5.69 Å². The fourth-order valence-corrected chi connectivity index (χ4v) is 4.68. The number of nitrogens with zero attached hydrogens (tertiary/aromatic N) is 3. The minimum Gasteiger partial charge on any atom is -0.380 e. The Labute approximate surface area is 166 Å². The number of halogens is 1. The second-order valence-corrected chi connectivity index (χ2v) is 9.53. The first-order valence-corrected chi connectivity index (χ1v) is 11.0. The molecule has 0 aliphatic heterocycles. The summed E-state index contributed by atoms with van der Waals surface area (Å²) in [5.41, 5.74) is 0.0118. The molecular formula is C17H19ClN4O5S. The van der Waals surface area contributed by atoms with Gasteiger partial charge in [-0.1, -0.05) is 18.0 Å². The van der Waals surface area contributed by atoms with E-state index in [4.69, 9.17) is 11.6 Å². The van der Waals surface area contributed by atoms with Gasteiger partial charge in [-0.25, -0.2) is 8.42 Å². The molecule has 0 amide bonds. The van der Waals surface area contributed by atoms with Gasteiger partial charge in [-0.3, -0.25) is 14.9 Å². The zero-order valence-corrected chi connectivity index (χ0v) is 16.6. The zero-order chi connectivity index (χ0) is 20.5. The van der Waals surface area contributed by atoms with E-state index in [9.17, 15) is 23.3 Å². The van der Waals surface area contributed by atoms with Crippen LogP contribution in [0.15, 0.2) is 35.3 Å². The van der Waals surface area contributed by atoms with Crippen molar-refractivity contribution in [3.05, 3.63) is 56.0 Å². The van der Waals surface area contributed by atoms with Crippen LogP contribution in [-0.2, 0) is 9.84 Å². The number of anilines is 1. The molecule has 28 heavy (non-hydrogen) atoms. The van der Waals surface area contributed by atoms with Crippen LogP contribution in [0.2, 0.25) is 5.02 Å². The number of hydrogen-bond donors (Lipinski definition) is 1. The number of hydrogen-bond acceptors (Lipinski definition) is 7. The van der Waals surface area contributed by atoms with Crippen molar-refractivity contribution in [3.63, 3.8) is 0 Å². The van der Waals surface area contributed by atoms with E-state index in [-0.39, 0.29) is 16.8 Å². The van der Waals surface area contributed by atoms with Gasteiger partial charge in [0.05, 0.1) is 27.7 Å². The topological polar surface area (TPSA) is 124 Å². The second kappa shape index (κ2) is 7.88. The number of benzene rings is 1. The van der Waals surface area contributed by atoms with Crippen molar-refractivity contribution in [2.24, 2.45) is 0 Å². The van der Waals surface area contributed by atoms with Crippen LogP contribution in [-0.4, -0.2) is 40.7 Å². The molecule has 11 heteroatoms. The van der Waals surface area contributed by atoms with E-state index in [2.05, 4.69) is 10.4 Å². The molecule has 1 aromatic carbocycles. The lowest BCUT2D eigenvalue weighted by Crippen LogP contribution is -2.35. The molecule has 9 nitrogen and oxygen atoms in total. The van der Waals surface area contributed by atoms with Gasteiger partial charge in [-0.15, -0.1) is 0 Å². The molecule has 3 rings (SSSR count). The lowest BCUT2D eigenvalue weighted by molar-refractivity contribution is -0.384. The van der Waals surface area contributed by atoms with Crippen LogP contribution in [0.3, 0.4) is 0 Å². The molecule has 0 saturated heterocycles. The number of non-ortho nitro benzene ring substituents is 1. The summed E-state index contributed by atoms with van der Waals surface area (Å²) in [7, 11) is -3.12. The Balaban J connectivity index is 1.82. The van der Waals surface area contributed by atoms with Crippen LogP contribution >= 0.6 is 11.6 Å². The standard InChI is InChI=1S/C17H19ClN4O5S/c1-28(26,27)14-4-2-3-11(9-14)20-15-10-19-21(17(23)16(15)18)12-5-7-13(8-6-12)22(24)25/h5-8,10-11,14,20H,2-4,9H2,1H3. The Kier molecular flexibility index (Phi) is 5.71. The molecule has 0 spiro atoms. The maximum atomic E-state index is 12.6. The highest BCUT2D eigenvalue weighted by Crippen LogP contribution is 2.28. The van der Waals surface area contributed by atoms with Gasteiger partial charge in [0.2, 0.25) is 0 Å². The summed E-state index contributed by atoms with van der Waals surface area (Å²) in [5, 5.41) is 17.5. The van der Waals surface area contributed by atoms with Crippen molar-refractivity contribution < 1.29 is 13.3 Å². The minimum atomic E-state index is -3.12. The minimum absolute atomic E-state index is 0.0742. The number of nitro benzene ring substituents is 1. The predicted octanol–water partition coefficient (Wildman–Crippen LogP) is 2.56. The highest BCUT2D eigenvalue weighted by Gasteiger charge is 2.29. The van der Waals surface area contributed by atoms with Crippen molar-refractivity contribution in [1.82, 2.24) is 9.78 Å². The lowest BCUT2D eigenvalue weighted by atomic mass is 9.95. The Morgan fingerprint density at radius 3 is 2.57 bits per heavy atom. The Hall–Kier alpha value is -2.46. The van der Waals surface area contributed by atoms with Crippen LogP contribution < -0.4 is 10.9 Å². The van der Waals surface area contributed by atoms with Crippen molar-refractivity contribution in [1.29, 1.82) is 0 Å². The molecular weight excluding hydrogens is 408 g/mol. The van der Waals surface area contributed by atoms with Gasteiger partial charge in [0.1, 0.15) is 14.9 Å². The Morgan fingerprint density at radius 2 is 1.96 bits per heavy atom. The van der Waals surface area contributed by atoms with E-state index < -0.39 is 25.6 Å². The molecule has 1 saturated carbocycles. The number of nitro groups is 1. The maximum absolute atomic E-state index is 12.6. The molecule has 1 heterocycles. The summed E-state index contributed by atoms with van der Waals surface area (Å²) in [4.78, 5) is 22.8. The summed E-state index contributed by atoms with van der Waals surface area (Å²) in [6.07, 6.45) is 5.24. The van der Waals surface area contributed by atoms with E-state index in [0.29, 0.717) is 24.2 Å². The largest absolute Gasteiger partial charge is 0.380 e. The van der Waals surface area contributed by atoms with Gasteiger partial charge in [0.25, 0.3) is 11.2 Å². The van der Waals surface area contributed by atoms with Crippen molar-refractivity contribution in [2.45, 2.75) is 37.0 Å². The highest BCUT2D eigenvalue weighted by molar-refractivity contribution is 7.91.